The van der Waals surface area contributed by atoms with Crippen molar-refractivity contribution in [3.63, 3.8) is 0 Å². The van der Waals surface area contributed by atoms with E-state index in [0.29, 0.717) is 28.4 Å². The summed E-state index contributed by atoms with van der Waals surface area (Å²) in [6, 6.07) is 0.633. The number of aliphatic hydroxyl groups excluding tert-OH is 1. The zero-order valence-corrected chi connectivity index (χ0v) is 21.3. The lowest BCUT2D eigenvalue weighted by Gasteiger charge is -2.60. The molecule has 3 unspecified atom stereocenters. The Kier molecular flexibility index (Phi) is 4.09. The molecule has 0 bridgehead atoms. The second-order valence-electron chi connectivity index (χ2n) is 14.2. The van der Waals surface area contributed by atoms with Gasteiger partial charge in [0, 0.05) is 36.3 Å². The molecule has 8 rings (SSSR count). The second-order valence-corrected chi connectivity index (χ2v) is 14.6. The number of ether oxygens (including phenoxy) is 1. The lowest BCUT2D eigenvalue weighted by molar-refractivity contribution is -0.211. The van der Waals surface area contributed by atoms with Crippen LogP contribution in [0.5, 0.6) is 0 Å². The minimum atomic E-state index is -0.0980. The number of fused-ring (bicyclic) bond motifs is 6. The van der Waals surface area contributed by atoms with Crippen LogP contribution in [-0.4, -0.2) is 52.8 Å². The number of allylic oxidation sites excluding steroid dienone is 1. The Labute approximate surface area is 204 Å². The highest BCUT2D eigenvalue weighted by Crippen LogP contribution is 2.93. The molecular weight excluding hydrogens is 430 g/mol. The smallest absolute Gasteiger partial charge is 0.0793 e. The third kappa shape index (κ3) is 2.24. The number of halogens is 1. The van der Waals surface area contributed by atoms with Gasteiger partial charge in [-0.05, 0) is 98.7 Å². The summed E-state index contributed by atoms with van der Waals surface area (Å²) in [5, 5.41) is 10.4. The zero-order chi connectivity index (χ0) is 22.4. The zero-order valence-electron chi connectivity index (χ0n) is 20.6. The molecule has 4 heteroatoms. The number of aliphatic hydroxyl groups is 1. The summed E-state index contributed by atoms with van der Waals surface area (Å²) in [5.74, 6) is 4.90. The van der Waals surface area contributed by atoms with Crippen molar-refractivity contribution in [3.8, 4) is 0 Å². The van der Waals surface area contributed by atoms with E-state index in [1.807, 2.05) is 0 Å². The molecule has 0 amide bonds. The normalized spacial score (nSPS) is 62.5. The van der Waals surface area contributed by atoms with Gasteiger partial charge in [0.05, 0.1) is 17.8 Å². The fourth-order valence-corrected chi connectivity index (χ4v) is 12.5. The molecule has 0 aromatic carbocycles. The van der Waals surface area contributed by atoms with Gasteiger partial charge in [-0.15, -0.1) is 11.6 Å². The summed E-state index contributed by atoms with van der Waals surface area (Å²) in [6.07, 6.45) is 15.7. The van der Waals surface area contributed by atoms with Gasteiger partial charge < -0.3 is 9.84 Å². The molecule has 1 N–H and O–H groups in total. The summed E-state index contributed by atoms with van der Waals surface area (Å²) in [4.78, 5) is 2.73. The first-order valence-electron chi connectivity index (χ1n) is 14.2. The Morgan fingerprint density at radius 3 is 2.91 bits per heavy atom. The first-order chi connectivity index (χ1) is 15.9. The van der Waals surface area contributed by atoms with Crippen LogP contribution in [0.4, 0.5) is 0 Å². The van der Waals surface area contributed by atoms with Crippen LogP contribution in [0.3, 0.4) is 0 Å². The maximum atomic E-state index is 10.4. The predicted molar refractivity (Wildman–Crippen MR) is 130 cm³/mol. The Balaban J connectivity index is 1.12. The number of likely N-dealkylation sites (tertiary alicyclic amines) is 1. The molecule has 182 valence electrons. The second kappa shape index (κ2) is 6.42. The molecule has 7 fully saturated rings. The minimum Gasteiger partial charge on any atom is -0.393 e. The highest BCUT2D eigenvalue weighted by atomic mass is 35.5. The number of piperidine rings is 1. The topological polar surface area (TPSA) is 32.7 Å². The van der Waals surface area contributed by atoms with Crippen LogP contribution in [-0.2, 0) is 4.74 Å². The fraction of sp³-hybridized carbons (Fsp3) is 0.931. The molecule has 12 atom stereocenters. The van der Waals surface area contributed by atoms with Crippen molar-refractivity contribution in [2.45, 2.75) is 102 Å². The first-order valence-corrected chi connectivity index (χ1v) is 14.8. The Bertz CT molecular complexity index is 921. The fourth-order valence-electron chi connectivity index (χ4n) is 12.2. The molecule has 2 saturated heterocycles. The van der Waals surface area contributed by atoms with E-state index in [1.165, 1.54) is 57.9 Å². The predicted octanol–water partition coefficient (Wildman–Crippen LogP) is 5.40. The molecule has 3 spiro atoms. The standard InChI is InChI=1S/C29H42ClNO2/c1-17-11-24-25(31(15-17)10-9-30)23-14-28-16-27(28)13-22-20(21(27)6-8-29(23,28)33-24)4-3-18-12-19(32)5-7-26(18,22)2/h3,17,19-25,32H,4-16H2,1-2H3/t17-,19-,20?,21-,22-,23+,24+,25-,26-,27?,28?,29+/m0/s1. The monoisotopic (exact) mass is 471 g/mol. The molecule has 2 aliphatic heterocycles. The summed E-state index contributed by atoms with van der Waals surface area (Å²) in [6.45, 7) is 7.24. The van der Waals surface area contributed by atoms with E-state index in [4.69, 9.17) is 16.3 Å². The molecule has 0 radical (unpaired) electrons. The SMILES string of the molecule is C[C@H]1C[C@H]2O[C@@]34CC[C@H]5C6CC=C7C[C@@H](O)CC[C@]7(C)[C@H]6CC56CC63C[C@@H]4[C@@H]2N(CCCl)C1. The molecular formula is C29H42ClNO2. The van der Waals surface area contributed by atoms with Crippen molar-refractivity contribution in [2.75, 3.05) is 19.0 Å². The van der Waals surface area contributed by atoms with Gasteiger partial charge >= 0.3 is 0 Å². The lowest BCUT2D eigenvalue weighted by atomic mass is 9.47. The van der Waals surface area contributed by atoms with Gasteiger partial charge in [0.1, 0.15) is 0 Å². The Hall–Kier alpha value is -0.0900. The van der Waals surface area contributed by atoms with Crippen LogP contribution in [0.1, 0.15) is 78.1 Å². The van der Waals surface area contributed by atoms with E-state index in [9.17, 15) is 5.11 Å². The largest absolute Gasteiger partial charge is 0.393 e. The highest BCUT2D eigenvalue weighted by molar-refractivity contribution is 6.18. The molecule has 3 nitrogen and oxygen atoms in total. The maximum absolute atomic E-state index is 10.4. The van der Waals surface area contributed by atoms with Gasteiger partial charge in [-0.1, -0.05) is 25.5 Å². The van der Waals surface area contributed by atoms with Gasteiger partial charge in [0.2, 0.25) is 0 Å². The van der Waals surface area contributed by atoms with Crippen LogP contribution in [0.2, 0.25) is 0 Å². The van der Waals surface area contributed by atoms with Crippen molar-refractivity contribution < 1.29 is 9.84 Å². The minimum absolute atomic E-state index is 0.0980. The lowest BCUT2D eigenvalue weighted by Crippen LogP contribution is -2.64. The van der Waals surface area contributed by atoms with E-state index < -0.39 is 0 Å². The number of hydrogen-bond acceptors (Lipinski definition) is 3. The van der Waals surface area contributed by atoms with Crippen molar-refractivity contribution in [1.82, 2.24) is 4.90 Å². The summed E-state index contributed by atoms with van der Waals surface area (Å²) >= 11 is 6.26. The number of nitrogens with zero attached hydrogens (tertiary/aromatic N) is 1. The summed E-state index contributed by atoms with van der Waals surface area (Å²) in [5.41, 5.74) is 3.24. The molecule has 33 heavy (non-hydrogen) atoms. The molecule has 2 heterocycles. The van der Waals surface area contributed by atoms with E-state index in [1.54, 1.807) is 5.57 Å². The number of hydrogen-bond donors (Lipinski definition) is 1. The third-order valence-corrected chi connectivity index (χ3v) is 13.5. The number of rotatable bonds is 2. The van der Waals surface area contributed by atoms with Crippen LogP contribution >= 0.6 is 11.6 Å². The van der Waals surface area contributed by atoms with E-state index in [-0.39, 0.29) is 11.7 Å². The van der Waals surface area contributed by atoms with Crippen molar-refractivity contribution in [1.29, 1.82) is 0 Å². The van der Waals surface area contributed by atoms with Crippen LogP contribution in [0, 0.1) is 45.8 Å². The molecule has 0 aromatic heterocycles. The summed E-state index contributed by atoms with van der Waals surface area (Å²) < 4.78 is 7.32. The van der Waals surface area contributed by atoms with Gasteiger partial charge in [-0.25, -0.2) is 0 Å². The average molecular weight is 472 g/mol. The van der Waals surface area contributed by atoms with Gasteiger partial charge in [-0.3, -0.25) is 4.90 Å². The van der Waals surface area contributed by atoms with E-state index in [0.717, 1.165) is 54.9 Å². The molecule has 5 saturated carbocycles. The molecule has 0 aromatic rings. The third-order valence-electron chi connectivity index (χ3n) is 13.3. The Morgan fingerprint density at radius 1 is 1.18 bits per heavy atom. The average Bonchev–Trinajstić information content (AvgIpc) is 3.25. The van der Waals surface area contributed by atoms with Gasteiger partial charge in [0.25, 0.3) is 0 Å². The van der Waals surface area contributed by atoms with Crippen LogP contribution in [0.15, 0.2) is 11.6 Å². The van der Waals surface area contributed by atoms with Gasteiger partial charge in [-0.2, -0.15) is 0 Å². The van der Waals surface area contributed by atoms with Crippen LogP contribution in [0.25, 0.3) is 0 Å². The summed E-state index contributed by atoms with van der Waals surface area (Å²) in [7, 11) is 0. The quantitative estimate of drug-likeness (QED) is 0.432. The van der Waals surface area contributed by atoms with Crippen molar-refractivity contribution in [2.24, 2.45) is 45.8 Å². The van der Waals surface area contributed by atoms with Crippen molar-refractivity contribution in [3.05, 3.63) is 11.6 Å². The van der Waals surface area contributed by atoms with Crippen molar-refractivity contribution >= 4 is 11.6 Å². The molecule has 8 aliphatic rings. The van der Waals surface area contributed by atoms with Crippen LogP contribution < -0.4 is 0 Å². The number of alkyl halides is 1. The van der Waals surface area contributed by atoms with E-state index in [2.05, 4.69) is 24.8 Å². The van der Waals surface area contributed by atoms with Gasteiger partial charge in [0.15, 0.2) is 0 Å². The first kappa shape index (κ1) is 21.0. The Morgan fingerprint density at radius 2 is 2.06 bits per heavy atom. The highest BCUT2D eigenvalue weighted by Gasteiger charge is 2.91. The maximum Gasteiger partial charge on any atom is 0.0793 e. The van der Waals surface area contributed by atoms with E-state index >= 15 is 0 Å². The molecule has 6 aliphatic carbocycles.